The molecular weight excluding hydrogens is 458 g/mol. The van der Waals surface area contributed by atoms with Crippen LogP contribution in [0.1, 0.15) is 28.4 Å². The van der Waals surface area contributed by atoms with E-state index in [1.165, 1.54) is 11.8 Å². The van der Waals surface area contributed by atoms with Gasteiger partial charge in [-0.05, 0) is 42.8 Å². The topological polar surface area (TPSA) is 82.4 Å². The van der Waals surface area contributed by atoms with E-state index in [0.717, 1.165) is 47.8 Å². The lowest BCUT2D eigenvalue weighted by Crippen LogP contribution is -2.49. The number of carbonyl (C=O) groups is 1. The van der Waals surface area contributed by atoms with E-state index >= 15 is 0 Å². The van der Waals surface area contributed by atoms with Crippen molar-refractivity contribution in [3.05, 3.63) is 71.4 Å². The number of ether oxygens (including phenoxy) is 1. The zero-order valence-corrected chi connectivity index (χ0v) is 20.2. The van der Waals surface area contributed by atoms with Crippen molar-refractivity contribution in [2.45, 2.75) is 29.4 Å². The molecule has 1 aliphatic heterocycles. The molecule has 0 N–H and O–H groups in total. The number of carbonyl (C=O) groups excluding carboxylic acids is 1. The van der Waals surface area contributed by atoms with Crippen molar-refractivity contribution in [3.8, 4) is 24.3 Å². The fraction of sp³-hybridized carbons (Fsp3) is 0.259. The molecule has 0 bridgehead atoms. The first kappa shape index (κ1) is 24.3. The van der Waals surface area contributed by atoms with Crippen LogP contribution in [0.3, 0.4) is 0 Å². The molecule has 8 heteroatoms. The van der Waals surface area contributed by atoms with Crippen molar-refractivity contribution in [1.29, 1.82) is 5.26 Å². The first-order valence-corrected chi connectivity index (χ1v) is 12.1. The highest BCUT2D eigenvalue weighted by atomic mass is 32.2. The highest BCUT2D eigenvalue weighted by molar-refractivity contribution is 7.99. The molecule has 3 aromatic rings. The first-order chi connectivity index (χ1) is 17.1. The van der Waals surface area contributed by atoms with Gasteiger partial charge >= 0.3 is 0 Å². The molecule has 0 radical (unpaired) electrons. The third kappa shape index (κ3) is 6.19. The van der Waals surface area contributed by atoms with E-state index in [0.29, 0.717) is 23.0 Å². The lowest BCUT2D eigenvalue weighted by atomic mass is 10.1. The SMILES string of the molecule is C#CC(C)N1CCN(c2ncc(Sc3ccc(C#N)cc3)c(OCc3cccc(C=O)c3)n2)CC1. The predicted octanol–water partition coefficient (Wildman–Crippen LogP) is 4.03. The second-order valence-electron chi connectivity index (χ2n) is 8.09. The fourth-order valence-electron chi connectivity index (χ4n) is 3.72. The number of nitrogens with zero attached hydrogens (tertiary/aromatic N) is 5. The summed E-state index contributed by atoms with van der Waals surface area (Å²) in [5.74, 6) is 3.87. The lowest BCUT2D eigenvalue weighted by Gasteiger charge is -2.36. The molecule has 176 valence electrons. The van der Waals surface area contributed by atoms with E-state index in [-0.39, 0.29) is 12.6 Å². The highest BCUT2D eigenvalue weighted by Gasteiger charge is 2.23. The molecule has 1 fully saturated rings. The summed E-state index contributed by atoms with van der Waals surface area (Å²) < 4.78 is 6.14. The van der Waals surface area contributed by atoms with Crippen LogP contribution in [0.2, 0.25) is 0 Å². The minimum absolute atomic E-state index is 0.102. The van der Waals surface area contributed by atoms with Gasteiger partial charge in [-0.2, -0.15) is 10.2 Å². The second-order valence-corrected chi connectivity index (χ2v) is 9.21. The fourth-order valence-corrected chi connectivity index (χ4v) is 4.54. The highest BCUT2D eigenvalue weighted by Crippen LogP contribution is 2.35. The summed E-state index contributed by atoms with van der Waals surface area (Å²) in [5, 5.41) is 9.06. The summed E-state index contributed by atoms with van der Waals surface area (Å²) in [5.41, 5.74) is 2.08. The molecule has 0 saturated carbocycles. The van der Waals surface area contributed by atoms with Crippen molar-refractivity contribution in [2.24, 2.45) is 0 Å². The molecule has 1 atom stereocenters. The molecule has 0 aliphatic carbocycles. The molecule has 0 amide bonds. The summed E-state index contributed by atoms with van der Waals surface area (Å²) in [6.45, 7) is 5.53. The van der Waals surface area contributed by atoms with E-state index in [1.54, 1.807) is 30.5 Å². The largest absolute Gasteiger partial charge is 0.472 e. The van der Waals surface area contributed by atoms with Crippen LogP contribution in [0.15, 0.2) is 64.5 Å². The summed E-state index contributed by atoms with van der Waals surface area (Å²) in [4.78, 5) is 26.6. The average Bonchev–Trinajstić information content (AvgIpc) is 2.92. The molecule has 1 aliphatic rings. The molecular formula is C27H25N5O2S. The molecule has 35 heavy (non-hydrogen) atoms. The van der Waals surface area contributed by atoms with Crippen molar-refractivity contribution in [2.75, 3.05) is 31.1 Å². The summed E-state index contributed by atoms with van der Waals surface area (Å²) in [6.07, 6.45) is 8.18. The Kier molecular flexibility index (Phi) is 7.99. The normalized spacial score (nSPS) is 14.5. The molecule has 1 aromatic heterocycles. The van der Waals surface area contributed by atoms with E-state index in [4.69, 9.17) is 21.4 Å². The smallest absolute Gasteiger partial charge is 0.232 e. The number of aromatic nitrogens is 2. The van der Waals surface area contributed by atoms with Crippen LogP contribution in [0.25, 0.3) is 0 Å². The summed E-state index contributed by atoms with van der Waals surface area (Å²) >= 11 is 1.47. The van der Waals surface area contributed by atoms with Gasteiger partial charge in [-0.15, -0.1) is 6.42 Å². The van der Waals surface area contributed by atoms with E-state index < -0.39 is 0 Å². The van der Waals surface area contributed by atoms with Crippen LogP contribution in [0.5, 0.6) is 5.88 Å². The summed E-state index contributed by atoms with van der Waals surface area (Å²) in [7, 11) is 0. The van der Waals surface area contributed by atoms with Crippen molar-refractivity contribution in [3.63, 3.8) is 0 Å². The third-order valence-corrected chi connectivity index (χ3v) is 6.78. The summed E-state index contributed by atoms with van der Waals surface area (Å²) in [6, 6.07) is 16.9. The molecule has 1 saturated heterocycles. The number of aldehydes is 1. The van der Waals surface area contributed by atoms with Gasteiger partial charge in [0.15, 0.2) is 0 Å². The first-order valence-electron chi connectivity index (χ1n) is 11.3. The third-order valence-electron chi connectivity index (χ3n) is 5.77. The van der Waals surface area contributed by atoms with Gasteiger partial charge in [-0.3, -0.25) is 9.69 Å². The van der Waals surface area contributed by atoms with Crippen LogP contribution < -0.4 is 9.64 Å². The van der Waals surface area contributed by atoms with Gasteiger partial charge in [0.1, 0.15) is 12.9 Å². The minimum atomic E-state index is 0.102. The maximum absolute atomic E-state index is 11.1. The molecule has 2 aromatic carbocycles. The Morgan fingerprint density at radius 2 is 1.97 bits per heavy atom. The molecule has 2 heterocycles. The number of hydrogen-bond donors (Lipinski definition) is 0. The van der Waals surface area contributed by atoms with E-state index in [2.05, 4.69) is 26.8 Å². The number of terminal acetylenes is 1. The Bertz CT molecular complexity index is 1260. The van der Waals surface area contributed by atoms with Gasteiger partial charge < -0.3 is 9.64 Å². The van der Waals surface area contributed by atoms with Crippen molar-refractivity contribution in [1.82, 2.24) is 14.9 Å². The standard InChI is InChI=1S/C27H25N5O2S/c1-3-20(2)31-11-13-32(14-12-31)27-29-17-25(35-24-9-7-21(16-28)8-10-24)26(30-27)34-19-23-6-4-5-22(15-23)18-33/h1,4-10,15,17-18,20H,11-14,19H2,2H3. The Hall–Kier alpha value is -3.85. The van der Waals surface area contributed by atoms with E-state index in [1.807, 2.05) is 31.2 Å². The second kappa shape index (κ2) is 11.5. The minimum Gasteiger partial charge on any atom is -0.472 e. The van der Waals surface area contributed by atoms with Gasteiger partial charge in [0.05, 0.1) is 28.8 Å². The molecule has 7 nitrogen and oxygen atoms in total. The van der Waals surface area contributed by atoms with Gasteiger partial charge in [-0.25, -0.2) is 4.98 Å². The Morgan fingerprint density at radius 1 is 1.20 bits per heavy atom. The van der Waals surface area contributed by atoms with Gasteiger partial charge in [0, 0.05) is 36.6 Å². The number of benzene rings is 2. The predicted molar refractivity (Wildman–Crippen MR) is 136 cm³/mol. The number of nitriles is 1. The maximum Gasteiger partial charge on any atom is 0.232 e. The number of anilines is 1. The Morgan fingerprint density at radius 3 is 2.66 bits per heavy atom. The van der Waals surface area contributed by atoms with Crippen LogP contribution in [0, 0.1) is 23.7 Å². The van der Waals surface area contributed by atoms with Crippen LogP contribution in [-0.4, -0.2) is 53.4 Å². The average molecular weight is 484 g/mol. The zero-order chi connectivity index (χ0) is 24.6. The molecule has 1 unspecified atom stereocenters. The monoisotopic (exact) mass is 483 g/mol. The van der Waals surface area contributed by atoms with Crippen LogP contribution >= 0.6 is 11.8 Å². The van der Waals surface area contributed by atoms with E-state index in [9.17, 15) is 4.79 Å². The van der Waals surface area contributed by atoms with Crippen LogP contribution in [0.4, 0.5) is 5.95 Å². The lowest BCUT2D eigenvalue weighted by molar-refractivity contribution is 0.112. The van der Waals surface area contributed by atoms with Gasteiger partial charge in [0.2, 0.25) is 11.8 Å². The molecule has 4 rings (SSSR count). The van der Waals surface area contributed by atoms with Gasteiger partial charge in [-0.1, -0.05) is 35.9 Å². The van der Waals surface area contributed by atoms with Gasteiger partial charge in [0.25, 0.3) is 0 Å². The van der Waals surface area contributed by atoms with Crippen molar-refractivity contribution < 1.29 is 9.53 Å². The Labute approximate surface area is 209 Å². The number of rotatable bonds is 8. The zero-order valence-electron chi connectivity index (χ0n) is 19.4. The van der Waals surface area contributed by atoms with Crippen LogP contribution in [-0.2, 0) is 6.61 Å². The van der Waals surface area contributed by atoms with Crippen molar-refractivity contribution >= 4 is 24.0 Å². The quantitative estimate of drug-likeness (QED) is 0.351. The number of hydrogen-bond acceptors (Lipinski definition) is 8. The number of piperazine rings is 1. The molecule has 0 spiro atoms. The Balaban J connectivity index is 1.55. The maximum atomic E-state index is 11.1.